The lowest BCUT2D eigenvalue weighted by molar-refractivity contribution is 0.821. The number of aryl methyl sites for hydroxylation is 1. The van der Waals surface area contributed by atoms with E-state index >= 15 is 0 Å². The Labute approximate surface area is 138 Å². The van der Waals surface area contributed by atoms with Crippen molar-refractivity contribution in [2.45, 2.75) is 46.0 Å². The molecular weight excluding hydrogens is 288 g/mol. The molecule has 0 amide bonds. The van der Waals surface area contributed by atoms with Crippen molar-refractivity contribution in [3.05, 3.63) is 69.8 Å². The molecule has 0 N–H and O–H groups in total. The van der Waals surface area contributed by atoms with E-state index in [9.17, 15) is 0 Å². The van der Waals surface area contributed by atoms with Crippen molar-refractivity contribution in [1.82, 2.24) is 0 Å². The summed E-state index contributed by atoms with van der Waals surface area (Å²) in [5, 5.41) is 0.842. The van der Waals surface area contributed by atoms with Gasteiger partial charge in [-0.05, 0) is 64.6 Å². The number of allylic oxidation sites excluding steroid dienone is 2. The van der Waals surface area contributed by atoms with E-state index in [1.54, 1.807) is 0 Å². The molecule has 1 atom stereocenters. The average Bonchev–Trinajstić information content (AvgIpc) is 2.49. The van der Waals surface area contributed by atoms with E-state index < -0.39 is 0 Å². The Morgan fingerprint density at radius 3 is 2.55 bits per heavy atom. The number of benzene rings is 2. The minimum Gasteiger partial charge on any atom is -0.0840 e. The third-order valence-corrected chi connectivity index (χ3v) is 5.09. The molecule has 0 aromatic heterocycles. The fraction of sp³-hybridized carbons (Fsp3) is 0.333. The number of fused-ring (bicyclic) bond motifs is 1. The predicted octanol–water partition coefficient (Wildman–Crippen LogP) is 6.65. The summed E-state index contributed by atoms with van der Waals surface area (Å²) in [7, 11) is 0. The van der Waals surface area contributed by atoms with Crippen LogP contribution in [0.25, 0.3) is 11.1 Å². The molecule has 0 saturated heterocycles. The zero-order valence-electron chi connectivity index (χ0n) is 13.8. The molecule has 0 fully saturated rings. The lowest BCUT2D eigenvalue weighted by Gasteiger charge is -2.24. The first-order valence-electron chi connectivity index (χ1n) is 8.07. The monoisotopic (exact) mass is 310 g/mol. The second kappa shape index (κ2) is 5.93. The van der Waals surface area contributed by atoms with Gasteiger partial charge in [0.2, 0.25) is 0 Å². The summed E-state index contributed by atoms with van der Waals surface area (Å²) in [5.41, 5.74) is 8.09. The van der Waals surface area contributed by atoms with Crippen LogP contribution in [0.2, 0.25) is 5.02 Å². The van der Waals surface area contributed by atoms with Gasteiger partial charge in [-0.15, -0.1) is 0 Å². The quantitative estimate of drug-likeness (QED) is 0.544. The molecule has 1 aliphatic rings. The number of rotatable bonds is 2. The summed E-state index contributed by atoms with van der Waals surface area (Å²) < 4.78 is 0. The summed E-state index contributed by atoms with van der Waals surface area (Å²) >= 11 is 6.33. The van der Waals surface area contributed by atoms with Crippen LogP contribution < -0.4 is 0 Å². The summed E-state index contributed by atoms with van der Waals surface area (Å²) in [6, 6.07) is 11.1. The molecule has 0 bridgehead atoms. The lowest BCUT2D eigenvalue weighted by Crippen LogP contribution is -2.07. The molecule has 0 aliphatic heterocycles. The van der Waals surface area contributed by atoms with E-state index in [1.807, 2.05) is 6.92 Å². The summed E-state index contributed by atoms with van der Waals surface area (Å²) in [6.07, 6.45) is 5.68. The molecule has 2 aromatic rings. The van der Waals surface area contributed by atoms with Gasteiger partial charge < -0.3 is 0 Å². The summed E-state index contributed by atoms with van der Waals surface area (Å²) in [5.74, 6) is 1.02. The maximum Gasteiger partial charge on any atom is 0.0441 e. The Morgan fingerprint density at radius 1 is 1.09 bits per heavy atom. The van der Waals surface area contributed by atoms with E-state index in [4.69, 9.17) is 11.6 Å². The summed E-state index contributed by atoms with van der Waals surface area (Å²) in [4.78, 5) is 0. The van der Waals surface area contributed by atoms with Gasteiger partial charge >= 0.3 is 0 Å². The highest BCUT2D eigenvalue weighted by Gasteiger charge is 2.19. The van der Waals surface area contributed by atoms with Crippen LogP contribution in [-0.4, -0.2) is 0 Å². The van der Waals surface area contributed by atoms with Crippen LogP contribution in [0.5, 0.6) is 0 Å². The predicted molar refractivity (Wildman–Crippen MR) is 97.0 cm³/mol. The van der Waals surface area contributed by atoms with Crippen LogP contribution in [0.3, 0.4) is 0 Å². The SMILES string of the molecule is Cc1ccc(-c2cc(C(C)C)c3c(c2)C(C)C=CC3)cc1Cl. The van der Waals surface area contributed by atoms with Gasteiger partial charge in [-0.3, -0.25) is 0 Å². The molecule has 0 radical (unpaired) electrons. The van der Waals surface area contributed by atoms with E-state index in [0.717, 1.165) is 17.0 Å². The average molecular weight is 311 g/mol. The van der Waals surface area contributed by atoms with Crippen molar-refractivity contribution in [2.24, 2.45) is 0 Å². The van der Waals surface area contributed by atoms with Gasteiger partial charge in [-0.2, -0.15) is 0 Å². The fourth-order valence-electron chi connectivity index (χ4n) is 3.31. The Bertz CT molecular complexity index is 738. The van der Waals surface area contributed by atoms with Crippen molar-refractivity contribution in [3.63, 3.8) is 0 Å². The molecule has 0 saturated carbocycles. The van der Waals surface area contributed by atoms with E-state index in [2.05, 4.69) is 63.3 Å². The van der Waals surface area contributed by atoms with Crippen molar-refractivity contribution < 1.29 is 0 Å². The Kier molecular flexibility index (Phi) is 4.14. The highest BCUT2D eigenvalue weighted by atomic mass is 35.5. The molecule has 0 heterocycles. The molecule has 0 spiro atoms. The van der Waals surface area contributed by atoms with E-state index in [0.29, 0.717) is 11.8 Å². The van der Waals surface area contributed by atoms with Crippen molar-refractivity contribution in [2.75, 3.05) is 0 Å². The zero-order chi connectivity index (χ0) is 15.9. The Balaban J connectivity index is 2.19. The Hall–Kier alpha value is -1.53. The van der Waals surface area contributed by atoms with Gasteiger partial charge in [0.05, 0.1) is 0 Å². The van der Waals surface area contributed by atoms with Crippen LogP contribution in [0.1, 0.15) is 54.9 Å². The van der Waals surface area contributed by atoms with Crippen LogP contribution in [0.15, 0.2) is 42.5 Å². The molecular formula is C21H23Cl. The lowest BCUT2D eigenvalue weighted by atomic mass is 9.81. The third kappa shape index (κ3) is 2.73. The smallest absolute Gasteiger partial charge is 0.0441 e. The highest BCUT2D eigenvalue weighted by Crippen LogP contribution is 2.37. The second-order valence-electron chi connectivity index (χ2n) is 6.67. The van der Waals surface area contributed by atoms with Crippen LogP contribution >= 0.6 is 11.6 Å². The first kappa shape index (κ1) is 15.4. The van der Waals surface area contributed by atoms with Crippen LogP contribution in [0, 0.1) is 6.92 Å². The van der Waals surface area contributed by atoms with Gasteiger partial charge in [0.1, 0.15) is 0 Å². The van der Waals surface area contributed by atoms with Crippen molar-refractivity contribution in [3.8, 4) is 11.1 Å². The highest BCUT2D eigenvalue weighted by molar-refractivity contribution is 6.31. The molecule has 114 valence electrons. The Morgan fingerprint density at radius 2 is 1.86 bits per heavy atom. The molecule has 0 nitrogen and oxygen atoms in total. The van der Waals surface area contributed by atoms with Gasteiger partial charge in [0.25, 0.3) is 0 Å². The number of hydrogen-bond acceptors (Lipinski definition) is 0. The molecule has 1 heteroatoms. The van der Waals surface area contributed by atoms with Gasteiger partial charge in [0.15, 0.2) is 0 Å². The van der Waals surface area contributed by atoms with E-state index in [-0.39, 0.29) is 0 Å². The van der Waals surface area contributed by atoms with Gasteiger partial charge in [-0.25, -0.2) is 0 Å². The van der Waals surface area contributed by atoms with Crippen molar-refractivity contribution in [1.29, 1.82) is 0 Å². The van der Waals surface area contributed by atoms with Crippen LogP contribution in [0.4, 0.5) is 0 Å². The largest absolute Gasteiger partial charge is 0.0840 e. The minimum absolute atomic E-state index is 0.488. The number of halogens is 1. The molecule has 1 aliphatic carbocycles. The summed E-state index contributed by atoms with van der Waals surface area (Å²) in [6.45, 7) is 8.89. The standard InChI is InChI=1S/C21H23Cl/c1-13(2)19-10-17(16-9-8-15(4)21(22)12-16)11-20-14(3)6-5-7-18(19)20/h5-6,8-14H,7H2,1-4H3. The third-order valence-electron chi connectivity index (χ3n) is 4.68. The topological polar surface area (TPSA) is 0 Å². The van der Waals surface area contributed by atoms with Crippen LogP contribution in [-0.2, 0) is 6.42 Å². The molecule has 3 rings (SSSR count). The minimum atomic E-state index is 0.488. The normalized spacial score (nSPS) is 16.9. The maximum absolute atomic E-state index is 6.33. The van der Waals surface area contributed by atoms with E-state index in [1.165, 1.54) is 27.8 Å². The molecule has 22 heavy (non-hydrogen) atoms. The molecule has 1 unspecified atom stereocenters. The zero-order valence-corrected chi connectivity index (χ0v) is 14.5. The number of hydrogen-bond donors (Lipinski definition) is 0. The van der Waals surface area contributed by atoms with Gasteiger partial charge in [0, 0.05) is 5.02 Å². The maximum atomic E-state index is 6.33. The molecule has 2 aromatic carbocycles. The first-order chi connectivity index (χ1) is 10.5. The first-order valence-corrected chi connectivity index (χ1v) is 8.45. The van der Waals surface area contributed by atoms with Gasteiger partial charge in [-0.1, -0.05) is 68.8 Å². The second-order valence-corrected chi connectivity index (χ2v) is 7.08. The van der Waals surface area contributed by atoms with Crippen molar-refractivity contribution >= 4 is 11.6 Å². The fourth-order valence-corrected chi connectivity index (χ4v) is 3.49.